The summed E-state index contributed by atoms with van der Waals surface area (Å²) in [6.45, 7) is 0.431. The molecule has 2 aromatic rings. The molecule has 0 radical (unpaired) electrons. The van der Waals surface area contributed by atoms with E-state index in [1.165, 1.54) is 25.6 Å². The summed E-state index contributed by atoms with van der Waals surface area (Å²) in [5.74, 6) is 0.541. The normalized spacial score (nSPS) is 9.95. The maximum Gasteiger partial charge on any atom is 0.271 e. The monoisotopic (exact) mass is 260 g/mol. The number of non-ortho nitro benzene ring substituents is 1. The molecule has 19 heavy (non-hydrogen) atoms. The summed E-state index contributed by atoms with van der Waals surface area (Å²) in [7, 11) is 1.51. The van der Waals surface area contributed by atoms with Crippen molar-refractivity contribution in [2.45, 2.75) is 6.54 Å². The van der Waals surface area contributed by atoms with Gasteiger partial charge in [0.2, 0.25) is 0 Å². The number of benzene rings is 1. The van der Waals surface area contributed by atoms with Crippen molar-refractivity contribution in [3.05, 3.63) is 52.6 Å². The number of nitrogens with one attached hydrogen (secondary N) is 1. The van der Waals surface area contributed by atoms with Crippen LogP contribution in [0.5, 0.6) is 5.75 Å². The Balaban J connectivity index is 2.18. The van der Waals surface area contributed by atoms with Crippen molar-refractivity contribution in [1.29, 1.82) is 0 Å². The largest absolute Gasteiger partial charge is 0.495 e. The minimum atomic E-state index is -0.449. The number of hydrogen-bond donors (Lipinski definition) is 1. The van der Waals surface area contributed by atoms with Crippen molar-refractivity contribution in [2.24, 2.45) is 0 Å². The third kappa shape index (κ3) is 3.15. The lowest BCUT2D eigenvalue weighted by molar-refractivity contribution is -0.384. The Labute approximate surface area is 109 Å². The summed E-state index contributed by atoms with van der Waals surface area (Å²) in [6.07, 6.45) is 3.08. The Morgan fingerprint density at radius 1 is 1.42 bits per heavy atom. The Morgan fingerprint density at radius 3 is 2.89 bits per heavy atom. The van der Waals surface area contributed by atoms with E-state index < -0.39 is 4.92 Å². The summed E-state index contributed by atoms with van der Waals surface area (Å²) in [5.41, 5.74) is 1.34. The number of nitrogens with zero attached hydrogens (tertiary/aromatic N) is 3. The molecule has 0 spiro atoms. The Morgan fingerprint density at radius 2 is 2.26 bits per heavy atom. The van der Waals surface area contributed by atoms with Gasteiger partial charge in [0.05, 0.1) is 30.0 Å². The van der Waals surface area contributed by atoms with Crippen LogP contribution in [0, 0.1) is 10.1 Å². The number of ether oxygens (including phenoxy) is 1. The van der Waals surface area contributed by atoms with Crippen LogP contribution >= 0.6 is 0 Å². The summed E-state index contributed by atoms with van der Waals surface area (Å²) < 4.78 is 5.15. The van der Waals surface area contributed by atoms with Crippen LogP contribution in [0.4, 0.5) is 11.4 Å². The van der Waals surface area contributed by atoms with Crippen LogP contribution in [0.15, 0.2) is 36.8 Å². The van der Waals surface area contributed by atoms with Crippen LogP contribution in [0.2, 0.25) is 0 Å². The summed E-state index contributed by atoms with van der Waals surface area (Å²) in [5, 5.41) is 13.8. The lowest BCUT2D eigenvalue weighted by Gasteiger charge is -2.10. The number of nitro groups is 1. The number of hydrogen-bond acceptors (Lipinski definition) is 6. The van der Waals surface area contributed by atoms with Crippen molar-refractivity contribution < 1.29 is 9.66 Å². The van der Waals surface area contributed by atoms with Crippen molar-refractivity contribution in [3.8, 4) is 5.75 Å². The second kappa shape index (κ2) is 5.76. The first-order valence-electron chi connectivity index (χ1n) is 5.52. The zero-order valence-electron chi connectivity index (χ0n) is 10.2. The zero-order chi connectivity index (χ0) is 13.7. The highest BCUT2D eigenvalue weighted by molar-refractivity contribution is 5.61. The molecule has 0 aliphatic rings. The molecule has 0 atom stereocenters. The fraction of sp³-hybridized carbons (Fsp3) is 0.167. The Hall–Kier alpha value is -2.70. The fourth-order valence-electron chi connectivity index (χ4n) is 1.56. The van der Waals surface area contributed by atoms with Gasteiger partial charge in [-0.2, -0.15) is 0 Å². The van der Waals surface area contributed by atoms with Crippen LogP contribution in [-0.2, 0) is 6.54 Å². The van der Waals surface area contributed by atoms with Crippen molar-refractivity contribution >= 4 is 11.4 Å². The van der Waals surface area contributed by atoms with E-state index in [9.17, 15) is 10.1 Å². The standard InChI is InChI=1S/C12H12N4O3/c1-19-12-3-2-10(16(17)18)6-11(12)14-7-9-4-5-13-8-15-9/h2-6,8,14H,7H2,1H3. The van der Waals surface area contributed by atoms with E-state index in [0.29, 0.717) is 18.0 Å². The van der Waals surface area contributed by atoms with Crippen LogP contribution in [0.1, 0.15) is 5.69 Å². The molecule has 1 N–H and O–H groups in total. The van der Waals surface area contributed by atoms with Gasteiger partial charge in [-0.1, -0.05) is 0 Å². The summed E-state index contributed by atoms with van der Waals surface area (Å²) in [6, 6.07) is 6.14. The topological polar surface area (TPSA) is 90.2 Å². The molecular formula is C12H12N4O3. The molecule has 0 saturated carbocycles. The minimum absolute atomic E-state index is 0.00554. The number of rotatable bonds is 5. The van der Waals surface area contributed by atoms with Gasteiger partial charge in [0.15, 0.2) is 0 Å². The first kappa shape index (κ1) is 12.7. The summed E-state index contributed by atoms with van der Waals surface area (Å²) in [4.78, 5) is 18.2. The van der Waals surface area contributed by atoms with E-state index >= 15 is 0 Å². The Bertz CT molecular complexity index is 574. The van der Waals surface area contributed by atoms with E-state index in [0.717, 1.165) is 5.69 Å². The molecule has 0 aliphatic carbocycles. The second-order valence-corrected chi connectivity index (χ2v) is 3.70. The van der Waals surface area contributed by atoms with Gasteiger partial charge in [0.1, 0.15) is 12.1 Å². The van der Waals surface area contributed by atoms with E-state index in [1.807, 2.05) is 0 Å². The van der Waals surface area contributed by atoms with Gasteiger partial charge < -0.3 is 10.1 Å². The van der Waals surface area contributed by atoms with Gasteiger partial charge in [-0.3, -0.25) is 10.1 Å². The third-order valence-corrected chi connectivity index (χ3v) is 2.50. The predicted octanol–water partition coefficient (Wildman–Crippen LogP) is 2.01. The number of aromatic nitrogens is 2. The summed E-state index contributed by atoms with van der Waals surface area (Å²) >= 11 is 0. The molecule has 1 aromatic heterocycles. The van der Waals surface area contributed by atoms with Crippen LogP contribution in [0.25, 0.3) is 0 Å². The highest BCUT2D eigenvalue weighted by atomic mass is 16.6. The molecule has 0 amide bonds. The molecule has 98 valence electrons. The number of anilines is 1. The lowest BCUT2D eigenvalue weighted by atomic mass is 10.2. The van der Waals surface area contributed by atoms with Crippen molar-refractivity contribution in [3.63, 3.8) is 0 Å². The maximum absolute atomic E-state index is 10.7. The first-order chi connectivity index (χ1) is 9.20. The molecule has 0 bridgehead atoms. The molecule has 0 fully saturated rings. The Kier molecular flexibility index (Phi) is 3.87. The van der Waals surface area contributed by atoms with Gasteiger partial charge in [0.25, 0.3) is 5.69 Å². The molecule has 1 heterocycles. The number of methoxy groups -OCH3 is 1. The van der Waals surface area contributed by atoms with Gasteiger partial charge in [-0.15, -0.1) is 0 Å². The molecule has 2 rings (SSSR count). The zero-order valence-corrected chi connectivity index (χ0v) is 10.2. The highest BCUT2D eigenvalue weighted by Gasteiger charge is 2.11. The van der Waals surface area contributed by atoms with Crippen LogP contribution < -0.4 is 10.1 Å². The molecule has 7 heteroatoms. The molecule has 0 unspecified atom stereocenters. The van der Waals surface area contributed by atoms with Gasteiger partial charge in [-0.05, 0) is 12.1 Å². The van der Waals surface area contributed by atoms with Crippen molar-refractivity contribution in [1.82, 2.24) is 9.97 Å². The van der Waals surface area contributed by atoms with Crippen LogP contribution in [-0.4, -0.2) is 22.0 Å². The third-order valence-electron chi connectivity index (χ3n) is 2.50. The molecule has 7 nitrogen and oxygen atoms in total. The molecule has 0 aliphatic heterocycles. The molecule has 1 aromatic carbocycles. The van der Waals surface area contributed by atoms with Gasteiger partial charge in [-0.25, -0.2) is 9.97 Å². The maximum atomic E-state index is 10.7. The predicted molar refractivity (Wildman–Crippen MR) is 69.0 cm³/mol. The minimum Gasteiger partial charge on any atom is -0.495 e. The van der Waals surface area contributed by atoms with E-state index in [4.69, 9.17) is 4.74 Å². The second-order valence-electron chi connectivity index (χ2n) is 3.70. The van der Waals surface area contributed by atoms with Gasteiger partial charge in [0, 0.05) is 18.3 Å². The quantitative estimate of drug-likeness (QED) is 0.653. The molecular weight excluding hydrogens is 248 g/mol. The smallest absolute Gasteiger partial charge is 0.271 e. The first-order valence-corrected chi connectivity index (χ1v) is 5.52. The van der Waals surface area contributed by atoms with Gasteiger partial charge >= 0.3 is 0 Å². The fourth-order valence-corrected chi connectivity index (χ4v) is 1.56. The lowest BCUT2D eigenvalue weighted by Crippen LogP contribution is -2.03. The average molecular weight is 260 g/mol. The van der Waals surface area contributed by atoms with E-state index in [2.05, 4.69) is 15.3 Å². The van der Waals surface area contributed by atoms with E-state index in [-0.39, 0.29) is 5.69 Å². The average Bonchev–Trinajstić information content (AvgIpc) is 2.45. The number of nitro benzene ring substituents is 1. The van der Waals surface area contributed by atoms with Crippen LogP contribution in [0.3, 0.4) is 0 Å². The van der Waals surface area contributed by atoms with E-state index in [1.54, 1.807) is 18.3 Å². The highest BCUT2D eigenvalue weighted by Crippen LogP contribution is 2.29. The SMILES string of the molecule is COc1ccc([N+](=O)[O-])cc1NCc1ccncn1. The van der Waals surface area contributed by atoms with Crippen molar-refractivity contribution in [2.75, 3.05) is 12.4 Å². The molecule has 0 saturated heterocycles.